The Hall–Kier alpha value is -0.410. The highest BCUT2D eigenvalue weighted by molar-refractivity contribution is 9.10. The molecule has 0 unspecified atom stereocenters. The van der Waals surface area contributed by atoms with Crippen molar-refractivity contribution in [2.45, 2.75) is 57.4 Å². The molecule has 0 radical (unpaired) electrons. The van der Waals surface area contributed by atoms with Crippen LogP contribution in [0.2, 0.25) is 0 Å². The normalized spacial score (nSPS) is 27.5. The zero-order valence-electron chi connectivity index (χ0n) is 11.6. The summed E-state index contributed by atoms with van der Waals surface area (Å²) in [5.41, 5.74) is 7.56. The van der Waals surface area contributed by atoms with Crippen LogP contribution in [0.1, 0.15) is 51.0 Å². The molecule has 0 aromatic heterocycles. The fraction of sp³-hybridized carbons (Fsp3) is 0.625. The standard InChI is InChI=1S/C16H23BrFN/c1-2-3-12-6-8-16(19,9-7-12)11-13-4-5-15(18)14(17)10-13/h4-5,10,12H,2-3,6-9,11,19H2,1H3. The summed E-state index contributed by atoms with van der Waals surface area (Å²) in [6.45, 7) is 2.25. The Labute approximate surface area is 123 Å². The van der Waals surface area contributed by atoms with Crippen LogP contribution >= 0.6 is 15.9 Å². The van der Waals surface area contributed by atoms with E-state index in [0.717, 1.165) is 30.7 Å². The Kier molecular flexibility index (Phi) is 5.02. The van der Waals surface area contributed by atoms with Gasteiger partial charge < -0.3 is 5.73 Å². The molecule has 1 fully saturated rings. The van der Waals surface area contributed by atoms with Gasteiger partial charge in [0.05, 0.1) is 4.47 Å². The number of hydrogen-bond acceptors (Lipinski definition) is 1. The van der Waals surface area contributed by atoms with Crippen molar-refractivity contribution in [2.75, 3.05) is 0 Å². The smallest absolute Gasteiger partial charge is 0.137 e. The van der Waals surface area contributed by atoms with Crippen molar-refractivity contribution in [1.82, 2.24) is 0 Å². The van der Waals surface area contributed by atoms with Gasteiger partial charge in [0.1, 0.15) is 5.82 Å². The van der Waals surface area contributed by atoms with Crippen molar-refractivity contribution >= 4 is 15.9 Å². The summed E-state index contributed by atoms with van der Waals surface area (Å²) >= 11 is 3.24. The van der Waals surface area contributed by atoms with Gasteiger partial charge in [-0.2, -0.15) is 0 Å². The molecule has 1 aliphatic rings. The third-order valence-corrected chi connectivity index (χ3v) is 4.95. The van der Waals surface area contributed by atoms with Crippen molar-refractivity contribution in [3.63, 3.8) is 0 Å². The molecule has 1 aromatic carbocycles. The molecule has 1 aliphatic carbocycles. The first kappa shape index (κ1) is 15.0. The van der Waals surface area contributed by atoms with Crippen LogP contribution < -0.4 is 5.73 Å². The molecule has 0 saturated heterocycles. The zero-order chi connectivity index (χ0) is 13.9. The van der Waals surface area contributed by atoms with Crippen molar-refractivity contribution in [2.24, 2.45) is 11.7 Å². The average molecular weight is 328 g/mol. The summed E-state index contributed by atoms with van der Waals surface area (Å²) in [4.78, 5) is 0. The maximum absolute atomic E-state index is 13.2. The molecule has 19 heavy (non-hydrogen) atoms. The number of benzene rings is 1. The maximum atomic E-state index is 13.2. The molecule has 1 saturated carbocycles. The monoisotopic (exact) mass is 327 g/mol. The highest BCUT2D eigenvalue weighted by Crippen LogP contribution is 2.35. The Morgan fingerprint density at radius 3 is 2.63 bits per heavy atom. The van der Waals surface area contributed by atoms with Gasteiger partial charge in [-0.1, -0.05) is 25.8 Å². The molecule has 1 nitrogen and oxygen atoms in total. The van der Waals surface area contributed by atoms with Gasteiger partial charge in [0.15, 0.2) is 0 Å². The topological polar surface area (TPSA) is 26.0 Å². The van der Waals surface area contributed by atoms with E-state index < -0.39 is 0 Å². The number of hydrogen-bond donors (Lipinski definition) is 1. The van der Waals surface area contributed by atoms with Crippen LogP contribution in [0, 0.1) is 11.7 Å². The van der Waals surface area contributed by atoms with Gasteiger partial charge in [-0.25, -0.2) is 4.39 Å². The average Bonchev–Trinajstić information content (AvgIpc) is 2.37. The Morgan fingerprint density at radius 2 is 2.05 bits per heavy atom. The highest BCUT2D eigenvalue weighted by Gasteiger charge is 2.31. The molecule has 0 atom stereocenters. The van der Waals surface area contributed by atoms with Gasteiger partial charge in [-0.05, 0) is 71.6 Å². The van der Waals surface area contributed by atoms with Crippen molar-refractivity contribution in [1.29, 1.82) is 0 Å². The van der Waals surface area contributed by atoms with E-state index in [1.54, 1.807) is 0 Å². The molecule has 0 spiro atoms. The summed E-state index contributed by atoms with van der Waals surface area (Å²) in [6.07, 6.45) is 8.12. The first-order chi connectivity index (χ1) is 9.02. The second-order valence-corrected chi connectivity index (χ2v) is 6.87. The lowest BCUT2D eigenvalue weighted by Gasteiger charge is -2.37. The molecular formula is C16H23BrFN. The van der Waals surface area contributed by atoms with Crippen molar-refractivity contribution in [3.8, 4) is 0 Å². The summed E-state index contributed by atoms with van der Waals surface area (Å²) in [6, 6.07) is 5.24. The third kappa shape index (κ3) is 4.03. The molecule has 1 aromatic rings. The molecule has 3 heteroatoms. The molecule has 2 N–H and O–H groups in total. The summed E-state index contributed by atoms with van der Waals surface area (Å²) in [5, 5.41) is 0. The largest absolute Gasteiger partial charge is 0.325 e. The van der Waals surface area contributed by atoms with Crippen LogP contribution in [0.5, 0.6) is 0 Å². The van der Waals surface area contributed by atoms with Gasteiger partial charge in [0.2, 0.25) is 0 Å². The summed E-state index contributed by atoms with van der Waals surface area (Å²) < 4.78 is 13.8. The van der Waals surface area contributed by atoms with Gasteiger partial charge in [-0.3, -0.25) is 0 Å². The Balaban J connectivity index is 1.96. The number of rotatable bonds is 4. The van der Waals surface area contributed by atoms with Crippen molar-refractivity contribution < 1.29 is 4.39 Å². The van der Waals surface area contributed by atoms with Crippen LogP contribution in [-0.4, -0.2) is 5.54 Å². The zero-order valence-corrected chi connectivity index (χ0v) is 13.2. The van der Waals surface area contributed by atoms with E-state index in [-0.39, 0.29) is 11.4 Å². The molecule has 0 amide bonds. The number of halogens is 2. The maximum Gasteiger partial charge on any atom is 0.137 e. The van der Waals surface area contributed by atoms with Gasteiger partial charge in [-0.15, -0.1) is 0 Å². The minimum Gasteiger partial charge on any atom is -0.325 e. The summed E-state index contributed by atoms with van der Waals surface area (Å²) in [5.74, 6) is 0.656. The third-order valence-electron chi connectivity index (χ3n) is 4.34. The quantitative estimate of drug-likeness (QED) is 0.843. The van der Waals surface area contributed by atoms with Crippen LogP contribution in [0.4, 0.5) is 4.39 Å². The fourth-order valence-electron chi connectivity index (χ4n) is 3.18. The fourth-order valence-corrected chi connectivity index (χ4v) is 3.61. The van der Waals surface area contributed by atoms with E-state index in [2.05, 4.69) is 22.9 Å². The lowest BCUT2D eigenvalue weighted by molar-refractivity contribution is 0.223. The first-order valence-electron chi connectivity index (χ1n) is 7.25. The predicted octanol–water partition coefficient (Wildman–Crippen LogP) is 4.82. The van der Waals surface area contributed by atoms with Gasteiger partial charge in [0.25, 0.3) is 0 Å². The van der Waals surface area contributed by atoms with E-state index in [4.69, 9.17) is 5.73 Å². The molecule has 0 aliphatic heterocycles. The molecule has 2 rings (SSSR count). The van der Waals surface area contributed by atoms with E-state index in [0.29, 0.717) is 4.47 Å². The Bertz CT molecular complexity index is 425. The number of nitrogens with two attached hydrogens (primary N) is 1. The van der Waals surface area contributed by atoms with Gasteiger partial charge in [0, 0.05) is 5.54 Å². The van der Waals surface area contributed by atoms with Crippen molar-refractivity contribution in [3.05, 3.63) is 34.1 Å². The van der Waals surface area contributed by atoms with E-state index >= 15 is 0 Å². The minimum atomic E-state index is -0.207. The molecule has 106 valence electrons. The highest BCUT2D eigenvalue weighted by atomic mass is 79.9. The minimum absolute atomic E-state index is 0.0957. The first-order valence-corrected chi connectivity index (χ1v) is 8.04. The van der Waals surface area contributed by atoms with Crippen LogP contribution in [-0.2, 0) is 6.42 Å². The molecule has 0 heterocycles. The van der Waals surface area contributed by atoms with Crippen LogP contribution in [0.25, 0.3) is 0 Å². The van der Waals surface area contributed by atoms with E-state index in [9.17, 15) is 4.39 Å². The van der Waals surface area contributed by atoms with E-state index in [1.807, 2.05) is 12.1 Å². The predicted molar refractivity (Wildman–Crippen MR) is 81.6 cm³/mol. The van der Waals surface area contributed by atoms with Gasteiger partial charge >= 0.3 is 0 Å². The molecule has 0 bridgehead atoms. The second kappa shape index (κ2) is 6.36. The lowest BCUT2D eigenvalue weighted by Crippen LogP contribution is -2.45. The summed E-state index contributed by atoms with van der Waals surface area (Å²) in [7, 11) is 0. The lowest BCUT2D eigenvalue weighted by atomic mass is 9.73. The SMILES string of the molecule is CCCC1CCC(N)(Cc2ccc(F)c(Br)c2)CC1. The molecular weight excluding hydrogens is 305 g/mol. The van der Waals surface area contributed by atoms with Crippen LogP contribution in [0.3, 0.4) is 0 Å². The second-order valence-electron chi connectivity index (χ2n) is 6.02. The van der Waals surface area contributed by atoms with Crippen LogP contribution in [0.15, 0.2) is 22.7 Å². The Morgan fingerprint density at radius 1 is 1.37 bits per heavy atom. The van der Waals surface area contributed by atoms with E-state index in [1.165, 1.54) is 31.7 Å².